The predicted molar refractivity (Wildman–Crippen MR) is 76.4 cm³/mol. The van der Waals surface area contributed by atoms with Crippen LogP contribution in [0.3, 0.4) is 0 Å². The van der Waals surface area contributed by atoms with Crippen molar-refractivity contribution in [2.75, 3.05) is 7.11 Å². The Bertz CT molecular complexity index is 622. The van der Waals surface area contributed by atoms with Gasteiger partial charge in [0.1, 0.15) is 11.4 Å². The van der Waals surface area contributed by atoms with Gasteiger partial charge in [-0.1, -0.05) is 0 Å². The Morgan fingerprint density at radius 2 is 1.80 bits per heavy atom. The molecule has 2 amide bonds. The number of ether oxygens (including phenoxy) is 1. The van der Waals surface area contributed by atoms with Crippen LogP contribution in [-0.4, -0.2) is 23.9 Å². The second-order valence-corrected chi connectivity index (χ2v) is 4.78. The van der Waals surface area contributed by atoms with Crippen molar-refractivity contribution >= 4 is 27.7 Å². The molecule has 2 rings (SSSR count). The lowest BCUT2D eigenvalue weighted by Crippen LogP contribution is -2.41. The summed E-state index contributed by atoms with van der Waals surface area (Å²) < 4.78 is 5.75. The molecule has 0 radical (unpaired) electrons. The van der Waals surface area contributed by atoms with Gasteiger partial charge >= 0.3 is 0 Å². The molecule has 0 unspecified atom stereocenters. The van der Waals surface area contributed by atoms with Crippen molar-refractivity contribution in [1.29, 1.82) is 0 Å². The van der Waals surface area contributed by atoms with Crippen molar-refractivity contribution in [3.8, 4) is 5.75 Å². The van der Waals surface area contributed by atoms with Crippen LogP contribution >= 0.6 is 15.9 Å². The zero-order valence-electron chi connectivity index (χ0n) is 10.6. The third kappa shape index (κ3) is 3.39. The van der Waals surface area contributed by atoms with Crippen LogP contribution in [0.25, 0.3) is 0 Å². The first-order chi connectivity index (χ1) is 9.60. The molecular formula is C13H12BrN3O3. The largest absolute Gasteiger partial charge is 0.497 e. The third-order valence-electron chi connectivity index (χ3n) is 2.53. The molecule has 2 aromatic rings. The lowest BCUT2D eigenvalue weighted by atomic mass is 10.2. The molecule has 0 fully saturated rings. The van der Waals surface area contributed by atoms with Crippen LogP contribution in [0.4, 0.5) is 0 Å². The summed E-state index contributed by atoms with van der Waals surface area (Å²) in [4.78, 5) is 26.3. The zero-order chi connectivity index (χ0) is 14.5. The van der Waals surface area contributed by atoms with Gasteiger partial charge in [0.2, 0.25) is 0 Å². The molecule has 0 spiro atoms. The quantitative estimate of drug-likeness (QED) is 0.747. The van der Waals surface area contributed by atoms with Gasteiger partial charge in [0.05, 0.1) is 7.11 Å². The summed E-state index contributed by atoms with van der Waals surface area (Å²) in [7, 11) is 1.55. The van der Waals surface area contributed by atoms with Gasteiger partial charge in [-0.2, -0.15) is 0 Å². The molecule has 20 heavy (non-hydrogen) atoms. The average molecular weight is 338 g/mol. The van der Waals surface area contributed by atoms with E-state index in [-0.39, 0.29) is 0 Å². The van der Waals surface area contributed by atoms with Crippen molar-refractivity contribution in [2.45, 2.75) is 0 Å². The van der Waals surface area contributed by atoms with Crippen LogP contribution in [0.15, 0.2) is 41.0 Å². The lowest BCUT2D eigenvalue weighted by Gasteiger charge is -2.07. The highest BCUT2D eigenvalue weighted by atomic mass is 79.9. The number of benzene rings is 1. The molecule has 6 nitrogen and oxygen atoms in total. The van der Waals surface area contributed by atoms with Crippen LogP contribution in [0.1, 0.15) is 20.8 Å². The first kappa shape index (κ1) is 14.1. The van der Waals surface area contributed by atoms with Crippen molar-refractivity contribution in [3.05, 3.63) is 52.3 Å². The van der Waals surface area contributed by atoms with Crippen LogP contribution < -0.4 is 15.6 Å². The highest BCUT2D eigenvalue weighted by molar-refractivity contribution is 9.10. The highest BCUT2D eigenvalue weighted by Crippen LogP contribution is 2.11. The van der Waals surface area contributed by atoms with E-state index in [0.717, 1.165) is 4.47 Å². The molecule has 1 aromatic carbocycles. The average Bonchev–Trinajstić information content (AvgIpc) is 2.91. The number of amides is 2. The molecule has 0 aliphatic heterocycles. The monoisotopic (exact) mass is 337 g/mol. The molecule has 7 heteroatoms. The summed E-state index contributed by atoms with van der Waals surface area (Å²) in [5, 5.41) is 0. The maximum absolute atomic E-state index is 11.8. The topological polar surface area (TPSA) is 83.2 Å². The standard InChI is InChI=1S/C13H12BrN3O3/c1-20-10-4-2-8(3-5-10)12(18)16-17-13(19)11-6-9(14)7-15-11/h2-7,15H,1H3,(H,16,18)(H,17,19). The van der Waals surface area contributed by atoms with E-state index in [2.05, 4.69) is 31.8 Å². The van der Waals surface area contributed by atoms with Crippen LogP contribution in [0, 0.1) is 0 Å². The number of H-pyrrole nitrogens is 1. The van der Waals surface area contributed by atoms with Crippen molar-refractivity contribution in [2.24, 2.45) is 0 Å². The number of hydrazine groups is 1. The van der Waals surface area contributed by atoms with Gasteiger partial charge in [0, 0.05) is 16.2 Å². The molecule has 0 aliphatic carbocycles. The Morgan fingerprint density at radius 3 is 2.35 bits per heavy atom. The maximum Gasteiger partial charge on any atom is 0.286 e. The normalized spacial score (nSPS) is 9.90. The SMILES string of the molecule is COc1ccc(C(=O)NNC(=O)c2cc(Br)c[nH]2)cc1. The van der Waals surface area contributed by atoms with Gasteiger partial charge in [-0.3, -0.25) is 20.4 Å². The number of nitrogens with one attached hydrogen (secondary N) is 3. The Labute approximate surface area is 123 Å². The van der Waals surface area contributed by atoms with Gasteiger partial charge in [-0.05, 0) is 46.3 Å². The molecule has 0 saturated heterocycles. The summed E-state index contributed by atoms with van der Waals surface area (Å²) in [6.45, 7) is 0. The Morgan fingerprint density at radius 1 is 1.15 bits per heavy atom. The fraction of sp³-hybridized carbons (Fsp3) is 0.0769. The minimum absolute atomic E-state index is 0.340. The Hall–Kier alpha value is -2.28. The molecule has 1 aromatic heterocycles. The number of methoxy groups -OCH3 is 1. The van der Waals surface area contributed by atoms with E-state index in [1.807, 2.05) is 0 Å². The molecule has 0 aliphatic rings. The van der Waals surface area contributed by atoms with Crippen LogP contribution in [0.2, 0.25) is 0 Å². The summed E-state index contributed by atoms with van der Waals surface area (Å²) in [6, 6.07) is 8.14. The molecule has 0 bridgehead atoms. The minimum Gasteiger partial charge on any atom is -0.497 e. The van der Waals surface area contributed by atoms with E-state index >= 15 is 0 Å². The third-order valence-corrected chi connectivity index (χ3v) is 2.99. The van der Waals surface area contributed by atoms with E-state index in [1.165, 1.54) is 0 Å². The van der Waals surface area contributed by atoms with E-state index < -0.39 is 11.8 Å². The Kier molecular flexibility index (Phi) is 4.41. The van der Waals surface area contributed by atoms with Gasteiger partial charge in [0.15, 0.2) is 0 Å². The van der Waals surface area contributed by atoms with E-state index in [4.69, 9.17) is 4.74 Å². The number of aromatic amines is 1. The first-order valence-corrected chi connectivity index (χ1v) is 6.48. The van der Waals surface area contributed by atoms with Gasteiger partial charge in [-0.25, -0.2) is 0 Å². The molecule has 0 saturated carbocycles. The fourth-order valence-corrected chi connectivity index (χ4v) is 1.84. The van der Waals surface area contributed by atoms with E-state index in [0.29, 0.717) is 17.0 Å². The van der Waals surface area contributed by atoms with Crippen molar-refractivity contribution < 1.29 is 14.3 Å². The fourth-order valence-electron chi connectivity index (χ4n) is 1.49. The number of rotatable bonds is 3. The molecule has 3 N–H and O–H groups in total. The number of aromatic nitrogens is 1. The molecule has 0 atom stereocenters. The second kappa shape index (κ2) is 6.25. The van der Waals surface area contributed by atoms with Crippen LogP contribution in [0.5, 0.6) is 5.75 Å². The summed E-state index contributed by atoms with van der Waals surface area (Å²) in [5.41, 5.74) is 5.40. The number of hydrogen-bond donors (Lipinski definition) is 3. The van der Waals surface area contributed by atoms with E-state index in [1.54, 1.807) is 43.6 Å². The van der Waals surface area contributed by atoms with Gasteiger partial charge < -0.3 is 9.72 Å². The van der Waals surface area contributed by atoms with Crippen molar-refractivity contribution in [1.82, 2.24) is 15.8 Å². The van der Waals surface area contributed by atoms with Crippen molar-refractivity contribution in [3.63, 3.8) is 0 Å². The van der Waals surface area contributed by atoms with Gasteiger partial charge in [0.25, 0.3) is 11.8 Å². The second-order valence-electron chi connectivity index (χ2n) is 3.87. The number of carbonyl (C=O) groups excluding carboxylic acids is 2. The predicted octanol–water partition coefficient (Wildman–Crippen LogP) is 1.86. The lowest BCUT2D eigenvalue weighted by molar-refractivity contribution is 0.0844. The smallest absolute Gasteiger partial charge is 0.286 e. The summed E-state index contributed by atoms with van der Waals surface area (Å²) in [5.74, 6) is -0.189. The Balaban J connectivity index is 1.92. The van der Waals surface area contributed by atoms with Gasteiger partial charge in [-0.15, -0.1) is 0 Å². The molecule has 104 valence electrons. The number of carbonyl (C=O) groups is 2. The zero-order valence-corrected chi connectivity index (χ0v) is 12.2. The van der Waals surface area contributed by atoms with E-state index in [9.17, 15) is 9.59 Å². The first-order valence-electron chi connectivity index (χ1n) is 5.69. The number of halogens is 1. The highest BCUT2D eigenvalue weighted by Gasteiger charge is 2.10. The molecular weight excluding hydrogens is 326 g/mol. The minimum atomic E-state index is -0.433. The molecule has 1 heterocycles. The number of hydrogen-bond acceptors (Lipinski definition) is 3. The maximum atomic E-state index is 11.8. The summed E-state index contributed by atoms with van der Waals surface area (Å²) in [6.07, 6.45) is 1.63. The van der Waals surface area contributed by atoms with Crippen LogP contribution in [-0.2, 0) is 0 Å². The summed E-state index contributed by atoms with van der Waals surface area (Å²) >= 11 is 3.22.